The molecule has 0 heterocycles. The minimum Gasteiger partial charge on any atom is -0.348 e. The van der Waals surface area contributed by atoms with Crippen LogP contribution in [0.1, 0.15) is 31.9 Å². The first-order valence-electron chi connectivity index (χ1n) is 5.54. The van der Waals surface area contributed by atoms with E-state index in [0.29, 0.717) is 6.42 Å². The summed E-state index contributed by atoms with van der Waals surface area (Å²) >= 11 is 3.39. The highest BCUT2D eigenvalue weighted by molar-refractivity contribution is 9.10. The van der Waals surface area contributed by atoms with Crippen molar-refractivity contribution in [1.29, 1.82) is 5.26 Å². The smallest absolute Gasteiger partial charge is 0.237 e. The number of halogens is 1. The lowest BCUT2D eigenvalue weighted by Gasteiger charge is -2.16. The lowest BCUT2D eigenvalue weighted by Crippen LogP contribution is -2.31. The Labute approximate surface area is 110 Å². The van der Waals surface area contributed by atoms with Crippen LogP contribution in [-0.4, -0.2) is 5.91 Å². The van der Waals surface area contributed by atoms with Crippen molar-refractivity contribution in [2.24, 2.45) is 5.92 Å². The van der Waals surface area contributed by atoms with Crippen molar-refractivity contribution in [3.05, 3.63) is 34.3 Å². The zero-order chi connectivity index (χ0) is 12.8. The zero-order valence-corrected chi connectivity index (χ0v) is 11.5. The summed E-state index contributed by atoms with van der Waals surface area (Å²) in [5.41, 5.74) is 1.01. The Morgan fingerprint density at radius 1 is 1.59 bits per heavy atom. The number of carbonyl (C=O) groups excluding carboxylic acids is 1. The monoisotopic (exact) mass is 294 g/mol. The van der Waals surface area contributed by atoms with Crippen LogP contribution >= 0.6 is 15.9 Å². The van der Waals surface area contributed by atoms with Gasteiger partial charge in [0.05, 0.1) is 12.1 Å². The second-order valence-electron chi connectivity index (χ2n) is 3.88. The van der Waals surface area contributed by atoms with E-state index in [1.807, 2.05) is 44.2 Å². The first kappa shape index (κ1) is 13.7. The highest BCUT2D eigenvalue weighted by Gasteiger charge is 2.18. The summed E-state index contributed by atoms with van der Waals surface area (Å²) in [5, 5.41) is 11.6. The lowest BCUT2D eigenvalue weighted by atomic mass is 10.1. The van der Waals surface area contributed by atoms with Gasteiger partial charge in [0.15, 0.2) is 0 Å². The average Bonchev–Trinajstić information content (AvgIpc) is 2.30. The summed E-state index contributed by atoms with van der Waals surface area (Å²) in [4.78, 5) is 11.7. The number of nitrogens with zero attached hydrogens (tertiary/aromatic N) is 1. The molecule has 2 atom stereocenters. The van der Waals surface area contributed by atoms with Crippen LogP contribution < -0.4 is 5.32 Å². The third kappa shape index (κ3) is 3.86. The van der Waals surface area contributed by atoms with Crippen molar-refractivity contribution in [1.82, 2.24) is 5.32 Å². The minimum atomic E-state index is -0.565. The predicted octanol–water partition coefficient (Wildman–Crippen LogP) is 3.18. The molecule has 1 aromatic carbocycles. The van der Waals surface area contributed by atoms with Gasteiger partial charge < -0.3 is 5.32 Å². The number of rotatable bonds is 4. The molecule has 2 unspecified atom stereocenters. The van der Waals surface area contributed by atoms with Gasteiger partial charge in [-0.05, 0) is 31.0 Å². The van der Waals surface area contributed by atoms with Crippen molar-refractivity contribution in [3.63, 3.8) is 0 Å². The second kappa shape index (κ2) is 6.41. The number of nitrogens with one attached hydrogen (secondary N) is 1. The highest BCUT2D eigenvalue weighted by atomic mass is 79.9. The number of amides is 1. The normalized spacial score (nSPS) is 13.5. The number of hydrogen-bond acceptors (Lipinski definition) is 2. The van der Waals surface area contributed by atoms with Gasteiger partial charge in [0.2, 0.25) is 5.91 Å². The molecule has 0 radical (unpaired) electrons. The molecule has 0 bridgehead atoms. The zero-order valence-electron chi connectivity index (χ0n) is 9.90. The maximum atomic E-state index is 11.7. The fraction of sp³-hybridized carbons (Fsp3) is 0.385. The number of carbonyl (C=O) groups is 1. The van der Waals surface area contributed by atoms with E-state index in [0.717, 1.165) is 10.0 Å². The summed E-state index contributed by atoms with van der Waals surface area (Å²) in [7, 11) is 0. The van der Waals surface area contributed by atoms with Crippen LogP contribution in [0, 0.1) is 17.2 Å². The molecule has 17 heavy (non-hydrogen) atoms. The van der Waals surface area contributed by atoms with Crippen LogP contribution in [0.25, 0.3) is 0 Å². The summed E-state index contributed by atoms with van der Waals surface area (Å²) in [5.74, 6) is -0.771. The Morgan fingerprint density at radius 2 is 2.29 bits per heavy atom. The van der Waals surface area contributed by atoms with Gasteiger partial charge in [0.1, 0.15) is 5.92 Å². The van der Waals surface area contributed by atoms with E-state index < -0.39 is 5.92 Å². The Hall–Kier alpha value is -1.34. The van der Waals surface area contributed by atoms with Gasteiger partial charge in [-0.3, -0.25) is 4.79 Å². The van der Waals surface area contributed by atoms with E-state index in [1.54, 1.807) is 0 Å². The Balaban J connectivity index is 2.70. The van der Waals surface area contributed by atoms with Crippen molar-refractivity contribution in [2.75, 3.05) is 0 Å². The van der Waals surface area contributed by atoms with Crippen LogP contribution in [0.4, 0.5) is 0 Å². The van der Waals surface area contributed by atoms with Crippen LogP contribution in [0.15, 0.2) is 28.7 Å². The molecule has 4 heteroatoms. The van der Waals surface area contributed by atoms with Gasteiger partial charge in [-0.25, -0.2) is 0 Å². The largest absolute Gasteiger partial charge is 0.348 e. The molecule has 0 saturated carbocycles. The summed E-state index contributed by atoms with van der Waals surface area (Å²) < 4.78 is 0.975. The first-order chi connectivity index (χ1) is 8.08. The molecule has 90 valence electrons. The van der Waals surface area contributed by atoms with E-state index in [4.69, 9.17) is 5.26 Å². The summed E-state index contributed by atoms with van der Waals surface area (Å²) in [6, 6.07) is 9.66. The maximum absolute atomic E-state index is 11.7. The molecule has 0 aliphatic carbocycles. The third-order valence-corrected chi connectivity index (χ3v) is 3.08. The number of nitriles is 1. The molecule has 0 fully saturated rings. The first-order valence-corrected chi connectivity index (χ1v) is 6.33. The van der Waals surface area contributed by atoms with Gasteiger partial charge in [0, 0.05) is 4.47 Å². The average molecular weight is 295 g/mol. The highest BCUT2D eigenvalue weighted by Crippen LogP contribution is 2.18. The molecule has 1 rings (SSSR count). The standard InChI is InChI=1S/C13H15BrN2O/c1-3-10(8-15)13(17)16-9(2)11-5-4-6-12(14)7-11/h4-7,9-10H,3H2,1-2H3,(H,16,17). The topological polar surface area (TPSA) is 52.9 Å². The minimum absolute atomic E-state index is 0.0950. The predicted molar refractivity (Wildman–Crippen MR) is 70.1 cm³/mol. The van der Waals surface area contributed by atoms with Gasteiger partial charge in [-0.1, -0.05) is 35.0 Å². The molecule has 0 aliphatic heterocycles. The van der Waals surface area contributed by atoms with Crippen molar-refractivity contribution in [2.45, 2.75) is 26.3 Å². The number of hydrogen-bond donors (Lipinski definition) is 1. The fourth-order valence-corrected chi connectivity index (χ4v) is 1.93. The van der Waals surface area contributed by atoms with Crippen LogP contribution in [0.2, 0.25) is 0 Å². The van der Waals surface area contributed by atoms with Crippen molar-refractivity contribution in [3.8, 4) is 6.07 Å². The fourth-order valence-electron chi connectivity index (χ4n) is 1.51. The molecular weight excluding hydrogens is 280 g/mol. The second-order valence-corrected chi connectivity index (χ2v) is 4.79. The van der Waals surface area contributed by atoms with E-state index in [9.17, 15) is 4.79 Å². The van der Waals surface area contributed by atoms with Crippen molar-refractivity contribution >= 4 is 21.8 Å². The molecule has 0 aliphatic rings. The quantitative estimate of drug-likeness (QED) is 0.927. The SMILES string of the molecule is CCC(C#N)C(=O)NC(C)c1cccc(Br)c1. The molecule has 1 amide bonds. The maximum Gasteiger partial charge on any atom is 0.237 e. The Kier molecular flexibility index (Phi) is 5.17. The molecule has 3 nitrogen and oxygen atoms in total. The van der Waals surface area contributed by atoms with Crippen LogP contribution in [0.3, 0.4) is 0 Å². The molecule has 0 saturated heterocycles. The number of benzene rings is 1. The van der Waals surface area contributed by atoms with Crippen LogP contribution in [-0.2, 0) is 4.79 Å². The molecule has 1 aromatic rings. The van der Waals surface area contributed by atoms with E-state index in [-0.39, 0.29) is 11.9 Å². The van der Waals surface area contributed by atoms with Crippen molar-refractivity contribution < 1.29 is 4.79 Å². The third-order valence-electron chi connectivity index (χ3n) is 2.59. The van der Waals surface area contributed by atoms with Gasteiger partial charge >= 0.3 is 0 Å². The molecule has 1 N–H and O–H groups in total. The van der Waals surface area contributed by atoms with Gasteiger partial charge in [-0.2, -0.15) is 5.26 Å². The lowest BCUT2D eigenvalue weighted by molar-refractivity contribution is -0.124. The summed E-state index contributed by atoms with van der Waals surface area (Å²) in [6.07, 6.45) is 0.535. The van der Waals surface area contributed by atoms with Crippen LogP contribution in [0.5, 0.6) is 0 Å². The Bertz CT molecular complexity index is 439. The van der Waals surface area contributed by atoms with Gasteiger partial charge in [0.25, 0.3) is 0 Å². The van der Waals surface area contributed by atoms with E-state index >= 15 is 0 Å². The van der Waals surface area contributed by atoms with E-state index in [1.165, 1.54) is 0 Å². The Morgan fingerprint density at radius 3 is 2.82 bits per heavy atom. The molecular formula is C13H15BrN2O. The van der Waals surface area contributed by atoms with E-state index in [2.05, 4.69) is 21.2 Å². The summed E-state index contributed by atoms with van der Waals surface area (Å²) in [6.45, 7) is 3.74. The van der Waals surface area contributed by atoms with Gasteiger partial charge in [-0.15, -0.1) is 0 Å². The molecule has 0 aromatic heterocycles. The molecule has 0 spiro atoms.